The molecule has 2 aromatic heterocycles. The highest BCUT2D eigenvalue weighted by Crippen LogP contribution is 2.31. The van der Waals surface area contributed by atoms with Gasteiger partial charge in [-0.25, -0.2) is 4.98 Å². The molecule has 6 rings (SSSR count). The summed E-state index contributed by atoms with van der Waals surface area (Å²) in [5.74, 6) is 1.33. The van der Waals surface area contributed by atoms with Gasteiger partial charge in [0.05, 0.1) is 5.56 Å². The highest BCUT2D eigenvalue weighted by Gasteiger charge is 2.25. The second-order valence-corrected chi connectivity index (χ2v) is 11.3. The lowest BCUT2D eigenvalue weighted by Crippen LogP contribution is -2.44. The van der Waals surface area contributed by atoms with Gasteiger partial charge in [-0.3, -0.25) is 4.79 Å². The van der Waals surface area contributed by atoms with Crippen LogP contribution in [0.5, 0.6) is 0 Å². The van der Waals surface area contributed by atoms with E-state index in [2.05, 4.69) is 94.2 Å². The number of piperazine rings is 1. The Bertz CT molecular complexity index is 1580. The molecular weight excluding hydrogens is 522 g/mol. The van der Waals surface area contributed by atoms with E-state index >= 15 is 0 Å². The van der Waals surface area contributed by atoms with Gasteiger partial charge in [0.1, 0.15) is 5.82 Å². The number of amides is 1. The zero-order valence-electron chi connectivity index (χ0n) is 25.2. The highest BCUT2D eigenvalue weighted by molar-refractivity contribution is 6.06. The van der Waals surface area contributed by atoms with Crippen molar-refractivity contribution in [2.24, 2.45) is 0 Å². The summed E-state index contributed by atoms with van der Waals surface area (Å²) in [6, 6.07) is 14.8. The molecule has 42 heavy (non-hydrogen) atoms. The van der Waals surface area contributed by atoms with Crippen LogP contribution in [0.25, 0.3) is 5.82 Å². The number of carbonyl (C=O) groups excluding carboxylic acids is 1. The first-order valence-electron chi connectivity index (χ1n) is 15.3. The van der Waals surface area contributed by atoms with E-state index in [0.29, 0.717) is 11.5 Å². The Morgan fingerprint density at radius 3 is 2.36 bits per heavy atom. The lowest BCUT2D eigenvalue weighted by molar-refractivity contribution is 0.102. The van der Waals surface area contributed by atoms with Gasteiger partial charge < -0.3 is 25.0 Å². The molecule has 4 aromatic rings. The Morgan fingerprint density at radius 2 is 1.64 bits per heavy atom. The van der Waals surface area contributed by atoms with Crippen LogP contribution in [0.3, 0.4) is 0 Å². The van der Waals surface area contributed by atoms with E-state index in [1.165, 1.54) is 11.3 Å². The van der Waals surface area contributed by atoms with Crippen LogP contribution in [0.4, 0.5) is 23.0 Å². The minimum absolute atomic E-state index is 0.0665. The number of nitrogens with one attached hydrogen (secondary N) is 2. The zero-order chi connectivity index (χ0) is 29.2. The van der Waals surface area contributed by atoms with Crippen LogP contribution in [0.1, 0.15) is 59.1 Å². The SMILES string of the molecule is CCc1cc(N2CCN(C)CC2)ccc1Nc1ncc2c(n1)-n1ccc(C(=O)Nc3c(CC)cccc3CC)c1CC2. The van der Waals surface area contributed by atoms with Crippen molar-refractivity contribution in [3.8, 4) is 5.82 Å². The fraction of sp³-hybridized carbons (Fsp3) is 0.382. The van der Waals surface area contributed by atoms with Crippen LogP contribution >= 0.6 is 0 Å². The molecule has 218 valence electrons. The van der Waals surface area contributed by atoms with Gasteiger partial charge in [0.2, 0.25) is 5.95 Å². The van der Waals surface area contributed by atoms with Crippen LogP contribution < -0.4 is 15.5 Å². The number of aromatic nitrogens is 3. The summed E-state index contributed by atoms with van der Waals surface area (Å²) in [5, 5.41) is 6.73. The molecule has 1 amide bonds. The minimum atomic E-state index is -0.0665. The number of likely N-dealkylation sites (N-methyl/N-ethyl adjacent to an activating group) is 1. The van der Waals surface area contributed by atoms with Gasteiger partial charge >= 0.3 is 0 Å². The Labute approximate surface area is 248 Å². The first-order chi connectivity index (χ1) is 20.5. The number of benzene rings is 2. The van der Waals surface area contributed by atoms with Crippen molar-refractivity contribution < 1.29 is 4.79 Å². The molecule has 0 atom stereocenters. The molecule has 0 aliphatic carbocycles. The predicted octanol–water partition coefficient (Wildman–Crippen LogP) is 5.80. The number of fused-ring (bicyclic) bond motifs is 3. The summed E-state index contributed by atoms with van der Waals surface area (Å²) in [7, 11) is 2.18. The van der Waals surface area contributed by atoms with Crippen LogP contribution in [-0.4, -0.2) is 58.6 Å². The van der Waals surface area contributed by atoms with E-state index in [4.69, 9.17) is 4.98 Å². The quantitative estimate of drug-likeness (QED) is 0.282. The fourth-order valence-electron chi connectivity index (χ4n) is 6.18. The molecule has 0 unspecified atom stereocenters. The third-order valence-corrected chi connectivity index (χ3v) is 8.76. The normalized spacial score (nSPS) is 14.8. The monoisotopic (exact) mass is 563 g/mol. The Morgan fingerprint density at radius 1 is 0.905 bits per heavy atom. The van der Waals surface area contributed by atoms with Crippen molar-refractivity contribution in [2.75, 3.05) is 48.8 Å². The Kier molecular flexibility index (Phi) is 7.98. The van der Waals surface area contributed by atoms with E-state index in [0.717, 1.165) is 97.9 Å². The second-order valence-electron chi connectivity index (χ2n) is 11.3. The molecule has 2 aliphatic rings. The number of carbonyl (C=O) groups is 1. The van der Waals surface area contributed by atoms with Crippen molar-refractivity contribution in [1.82, 2.24) is 19.4 Å². The number of nitrogens with zero attached hydrogens (tertiary/aromatic N) is 5. The van der Waals surface area contributed by atoms with E-state index in [-0.39, 0.29) is 5.91 Å². The predicted molar refractivity (Wildman–Crippen MR) is 171 cm³/mol. The summed E-state index contributed by atoms with van der Waals surface area (Å²) in [4.78, 5) is 28.0. The van der Waals surface area contributed by atoms with E-state index < -0.39 is 0 Å². The number of hydrogen-bond acceptors (Lipinski definition) is 6. The average molecular weight is 564 g/mol. The van der Waals surface area contributed by atoms with Gasteiger partial charge in [0, 0.05) is 66.9 Å². The molecule has 1 saturated heterocycles. The maximum atomic E-state index is 13.6. The minimum Gasteiger partial charge on any atom is -0.369 e. The number of aryl methyl sites for hydroxylation is 4. The zero-order valence-corrected chi connectivity index (χ0v) is 25.2. The van der Waals surface area contributed by atoms with Crippen LogP contribution in [-0.2, 0) is 32.1 Å². The molecule has 0 saturated carbocycles. The second kappa shape index (κ2) is 12.0. The summed E-state index contributed by atoms with van der Waals surface area (Å²) in [6.07, 6.45) is 8.10. The maximum absolute atomic E-state index is 13.6. The van der Waals surface area contributed by atoms with Crippen LogP contribution in [0.15, 0.2) is 54.9 Å². The lowest BCUT2D eigenvalue weighted by Gasteiger charge is -2.34. The Balaban J connectivity index is 1.24. The lowest BCUT2D eigenvalue weighted by atomic mass is 10.0. The van der Waals surface area contributed by atoms with Crippen LogP contribution in [0.2, 0.25) is 0 Å². The van der Waals surface area contributed by atoms with Crippen LogP contribution in [0, 0.1) is 0 Å². The topological polar surface area (TPSA) is 78.3 Å². The Hall–Kier alpha value is -4.17. The molecular formula is C34H41N7O. The first-order valence-corrected chi connectivity index (χ1v) is 15.3. The molecule has 8 heteroatoms. The summed E-state index contributed by atoms with van der Waals surface area (Å²) < 4.78 is 2.06. The van der Waals surface area contributed by atoms with Crippen molar-refractivity contribution in [1.29, 1.82) is 0 Å². The molecule has 4 heterocycles. The first kappa shape index (κ1) is 28.0. The van der Waals surface area contributed by atoms with Gasteiger partial charge in [-0.1, -0.05) is 39.0 Å². The number of rotatable bonds is 8. The molecule has 2 aliphatic heterocycles. The standard InChI is InChI=1S/C34H41N7O/c1-5-23-9-8-10-24(6-2)31(23)37-33(42)28-15-16-41-30(28)14-11-26-22-35-34(38-32(26)41)36-29-13-12-27(21-25(29)7-3)40-19-17-39(4)18-20-40/h8-10,12-13,15-16,21-22H,5-7,11,14,17-20H2,1-4H3,(H,37,42)(H,35,36,38). The van der Waals surface area contributed by atoms with Gasteiger partial charge in [-0.2, -0.15) is 4.98 Å². The van der Waals surface area contributed by atoms with E-state index in [1.807, 2.05) is 18.5 Å². The summed E-state index contributed by atoms with van der Waals surface area (Å²) in [6.45, 7) is 10.7. The molecule has 2 N–H and O–H groups in total. The third-order valence-electron chi connectivity index (χ3n) is 8.76. The molecule has 0 radical (unpaired) electrons. The summed E-state index contributed by atoms with van der Waals surface area (Å²) in [5.41, 5.74) is 9.58. The van der Waals surface area contributed by atoms with Crippen molar-refractivity contribution >= 4 is 28.9 Å². The number of anilines is 4. The van der Waals surface area contributed by atoms with E-state index in [1.54, 1.807) is 0 Å². The van der Waals surface area contributed by atoms with Gasteiger partial charge in [0.25, 0.3) is 5.91 Å². The molecule has 1 fully saturated rings. The number of hydrogen-bond donors (Lipinski definition) is 2. The molecule has 0 spiro atoms. The maximum Gasteiger partial charge on any atom is 0.257 e. The average Bonchev–Trinajstić information content (AvgIpc) is 3.47. The van der Waals surface area contributed by atoms with Gasteiger partial charge in [-0.05, 0) is 80.1 Å². The van der Waals surface area contributed by atoms with E-state index in [9.17, 15) is 4.79 Å². The number of para-hydroxylation sites is 1. The van der Waals surface area contributed by atoms with Gasteiger partial charge in [-0.15, -0.1) is 0 Å². The van der Waals surface area contributed by atoms with Crippen molar-refractivity contribution in [3.05, 3.63) is 88.4 Å². The molecule has 8 nitrogen and oxygen atoms in total. The molecule has 2 aromatic carbocycles. The fourth-order valence-corrected chi connectivity index (χ4v) is 6.18. The third kappa shape index (κ3) is 5.39. The molecule has 0 bridgehead atoms. The summed E-state index contributed by atoms with van der Waals surface area (Å²) >= 11 is 0. The smallest absolute Gasteiger partial charge is 0.257 e. The largest absolute Gasteiger partial charge is 0.369 e. The van der Waals surface area contributed by atoms with Gasteiger partial charge in [0.15, 0.2) is 0 Å². The van der Waals surface area contributed by atoms with Crippen molar-refractivity contribution in [2.45, 2.75) is 52.9 Å². The highest BCUT2D eigenvalue weighted by atomic mass is 16.1. The van der Waals surface area contributed by atoms with Crippen molar-refractivity contribution in [3.63, 3.8) is 0 Å².